The average Bonchev–Trinajstić information content (AvgIpc) is 2.93. The van der Waals surface area contributed by atoms with Crippen LogP contribution < -0.4 is 10.7 Å². The summed E-state index contributed by atoms with van der Waals surface area (Å²) in [6.07, 6.45) is 4.54. The Morgan fingerprint density at radius 3 is 2.68 bits per heavy atom. The number of hydrogen-bond donors (Lipinski definition) is 1. The van der Waals surface area contributed by atoms with Gasteiger partial charge in [0, 0.05) is 25.4 Å². The van der Waals surface area contributed by atoms with Gasteiger partial charge in [-0.05, 0) is 23.8 Å². The summed E-state index contributed by atoms with van der Waals surface area (Å²) in [5.41, 5.74) is 9.02. The molecule has 0 saturated heterocycles. The largest absolute Gasteiger partial charge is 0.325 e. The van der Waals surface area contributed by atoms with E-state index in [1.165, 1.54) is 5.56 Å². The SMILES string of the molecule is NCC1=NN(c2ccccc2)C(c2cccnc2)C1. The predicted molar refractivity (Wildman–Crippen MR) is 77.0 cm³/mol. The zero-order chi connectivity index (χ0) is 13.1. The van der Waals surface area contributed by atoms with E-state index in [1.807, 2.05) is 35.5 Å². The van der Waals surface area contributed by atoms with Gasteiger partial charge in [-0.3, -0.25) is 9.99 Å². The van der Waals surface area contributed by atoms with E-state index in [0.29, 0.717) is 6.54 Å². The first-order chi connectivity index (χ1) is 9.38. The van der Waals surface area contributed by atoms with Gasteiger partial charge in [0.15, 0.2) is 0 Å². The number of anilines is 1. The molecule has 2 heterocycles. The lowest BCUT2D eigenvalue weighted by molar-refractivity contribution is 0.705. The Hall–Kier alpha value is -2.20. The van der Waals surface area contributed by atoms with E-state index in [4.69, 9.17) is 5.73 Å². The van der Waals surface area contributed by atoms with Crippen molar-refractivity contribution in [2.45, 2.75) is 12.5 Å². The van der Waals surface area contributed by atoms with Crippen LogP contribution in [0.15, 0.2) is 60.0 Å². The molecule has 0 spiro atoms. The molecule has 0 radical (unpaired) electrons. The molecular weight excluding hydrogens is 236 g/mol. The van der Waals surface area contributed by atoms with Gasteiger partial charge in [0.2, 0.25) is 0 Å². The normalized spacial score (nSPS) is 18.5. The first-order valence-electron chi connectivity index (χ1n) is 6.39. The average molecular weight is 252 g/mol. The molecule has 96 valence electrons. The second-order valence-electron chi connectivity index (χ2n) is 4.56. The fraction of sp³-hybridized carbons (Fsp3) is 0.200. The summed E-state index contributed by atoms with van der Waals surface area (Å²) in [6, 6.07) is 14.4. The Bertz CT molecular complexity index is 565. The fourth-order valence-electron chi connectivity index (χ4n) is 2.35. The molecule has 1 aliphatic heterocycles. The molecule has 0 aliphatic carbocycles. The number of nitrogens with zero attached hydrogens (tertiary/aromatic N) is 3. The summed E-state index contributed by atoms with van der Waals surface area (Å²) >= 11 is 0. The number of nitrogens with two attached hydrogens (primary N) is 1. The van der Waals surface area contributed by atoms with Gasteiger partial charge in [0.05, 0.1) is 17.4 Å². The first-order valence-corrected chi connectivity index (χ1v) is 6.39. The predicted octanol–water partition coefficient (Wildman–Crippen LogP) is 2.35. The van der Waals surface area contributed by atoms with E-state index in [2.05, 4.69) is 28.3 Å². The lowest BCUT2D eigenvalue weighted by Crippen LogP contribution is -2.18. The zero-order valence-corrected chi connectivity index (χ0v) is 10.6. The minimum atomic E-state index is 0.189. The maximum absolute atomic E-state index is 5.74. The van der Waals surface area contributed by atoms with E-state index in [-0.39, 0.29) is 6.04 Å². The van der Waals surface area contributed by atoms with Crippen LogP contribution in [0.1, 0.15) is 18.0 Å². The number of benzene rings is 1. The van der Waals surface area contributed by atoms with Crippen molar-refractivity contribution in [2.24, 2.45) is 10.8 Å². The summed E-state index contributed by atoms with van der Waals surface area (Å²) in [4.78, 5) is 4.20. The van der Waals surface area contributed by atoms with Crippen LogP contribution in [0.3, 0.4) is 0 Å². The molecule has 1 aromatic carbocycles. The highest BCUT2D eigenvalue weighted by atomic mass is 15.5. The molecule has 1 aliphatic rings. The molecule has 3 rings (SSSR count). The molecule has 0 bridgehead atoms. The van der Waals surface area contributed by atoms with Crippen molar-refractivity contribution < 1.29 is 0 Å². The van der Waals surface area contributed by atoms with Crippen molar-refractivity contribution >= 4 is 11.4 Å². The molecular formula is C15H16N4. The monoisotopic (exact) mass is 252 g/mol. The summed E-state index contributed by atoms with van der Waals surface area (Å²) in [5.74, 6) is 0. The molecule has 1 atom stereocenters. The number of hydrazone groups is 1. The van der Waals surface area contributed by atoms with Gasteiger partial charge in [0.25, 0.3) is 0 Å². The summed E-state index contributed by atoms with van der Waals surface area (Å²) in [6.45, 7) is 0.500. The van der Waals surface area contributed by atoms with E-state index < -0.39 is 0 Å². The van der Waals surface area contributed by atoms with Gasteiger partial charge in [-0.1, -0.05) is 24.3 Å². The molecule has 19 heavy (non-hydrogen) atoms. The second kappa shape index (κ2) is 5.20. The molecule has 2 aromatic rings. The number of hydrogen-bond acceptors (Lipinski definition) is 4. The molecule has 4 nitrogen and oxygen atoms in total. The minimum Gasteiger partial charge on any atom is -0.325 e. The fourth-order valence-corrected chi connectivity index (χ4v) is 2.35. The van der Waals surface area contributed by atoms with Gasteiger partial charge < -0.3 is 5.73 Å². The molecule has 4 heteroatoms. The Balaban J connectivity index is 1.96. The Labute approximate surface area is 112 Å². The van der Waals surface area contributed by atoms with E-state index in [1.54, 1.807) is 6.20 Å². The highest BCUT2D eigenvalue weighted by Gasteiger charge is 2.28. The lowest BCUT2D eigenvalue weighted by Gasteiger charge is -2.23. The Morgan fingerprint density at radius 1 is 1.16 bits per heavy atom. The van der Waals surface area contributed by atoms with Crippen LogP contribution in [0, 0.1) is 0 Å². The van der Waals surface area contributed by atoms with Crippen LogP contribution in [-0.2, 0) is 0 Å². The molecule has 2 N–H and O–H groups in total. The van der Waals surface area contributed by atoms with Gasteiger partial charge in [0.1, 0.15) is 0 Å². The molecule has 1 aromatic heterocycles. The molecule has 0 fully saturated rings. The van der Waals surface area contributed by atoms with Crippen molar-refractivity contribution in [1.29, 1.82) is 0 Å². The third-order valence-corrected chi connectivity index (χ3v) is 3.30. The Morgan fingerprint density at radius 2 is 2.00 bits per heavy atom. The Kier molecular flexibility index (Phi) is 3.25. The van der Waals surface area contributed by atoms with Gasteiger partial charge >= 0.3 is 0 Å². The maximum Gasteiger partial charge on any atom is 0.0843 e. The van der Waals surface area contributed by atoms with E-state index >= 15 is 0 Å². The van der Waals surface area contributed by atoms with Crippen LogP contribution in [0.5, 0.6) is 0 Å². The van der Waals surface area contributed by atoms with E-state index in [0.717, 1.165) is 17.8 Å². The molecule has 1 unspecified atom stereocenters. The minimum absolute atomic E-state index is 0.189. The summed E-state index contributed by atoms with van der Waals surface area (Å²) < 4.78 is 0. The molecule has 0 saturated carbocycles. The topological polar surface area (TPSA) is 54.5 Å². The van der Waals surface area contributed by atoms with Crippen molar-refractivity contribution in [3.63, 3.8) is 0 Å². The summed E-state index contributed by atoms with van der Waals surface area (Å²) in [5, 5.41) is 6.67. The smallest absolute Gasteiger partial charge is 0.0843 e. The molecule has 0 amide bonds. The maximum atomic E-state index is 5.74. The number of aromatic nitrogens is 1. The van der Waals surface area contributed by atoms with Crippen molar-refractivity contribution in [3.05, 3.63) is 60.4 Å². The van der Waals surface area contributed by atoms with Gasteiger partial charge in [-0.15, -0.1) is 0 Å². The van der Waals surface area contributed by atoms with Gasteiger partial charge in [-0.25, -0.2) is 0 Å². The lowest BCUT2D eigenvalue weighted by atomic mass is 10.0. The second-order valence-corrected chi connectivity index (χ2v) is 4.56. The van der Waals surface area contributed by atoms with E-state index in [9.17, 15) is 0 Å². The third kappa shape index (κ3) is 2.35. The van der Waals surface area contributed by atoms with Crippen LogP contribution in [0.2, 0.25) is 0 Å². The van der Waals surface area contributed by atoms with Crippen LogP contribution in [0.4, 0.5) is 5.69 Å². The first kappa shape index (κ1) is 11.9. The number of rotatable bonds is 3. The number of para-hydroxylation sites is 1. The highest BCUT2D eigenvalue weighted by Crippen LogP contribution is 2.34. The van der Waals surface area contributed by atoms with Crippen molar-refractivity contribution in [1.82, 2.24) is 4.98 Å². The van der Waals surface area contributed by atoms with Crippen LogP contribution in [-0.4, -0.2) is 17.2 Å². The van der Waals surface area contributed by atoms with Crippen molar-refractivity contribution in [3.8, 4) is 0 Å². The van der Waals surface area contributed by atoms with Crippen LogP contribution >= 0.6 is 0 Å². The quantitative estimate of drug-likeness (QED) is 0.912. The zero-order valence-electron chi connectivity index (χ0n) is 10.6. The van der Waals surface area contributed by atoms with Crippen LogP contribution in [0.25, 0.3) is 0 Å². The summed E-state index contributed by atoms with van der Waals surface area (Å²) in [7, 11) is 0. The third-order valence-electron chi connectivity index (χ3n) is 3.30. The highest BCUT2D eigenvalue weighted by molar-refractivity contribution is 5.90. The van der Waals surface area contributed by atoms with Crippen molar-refractivity contribution in [2.75, 3.05) is 11.6 Å². The van der Waals surface area contributed by atoms with Gasteiger partial charge in [-0.2, -0.15) is 5.10 Å². The number of pyridine rings is 1. The standard InChI is InChI=1S/C15H16N4/c16-10-13-9-15(12-5-4-8-17-11-12)19(18-13)14-6-2-1-3-7-14/h1-8,11,15H,9-10,16H2.